The first-order valence-corrected chi connectivity index (χ1v) is 11.8. The van der Waals surface area contributed by atoms with Crippen molar-refractivity contribution in [3.63, 3.8) is 0 Å². The summed E-state index contributed by atoms with van der Waals surface area (Å²) in [6.45, 7) is 0. The summed E-state index contributed by atoms with van der Waals surface area (Å²) < 4.78 is 10.9. The van der Waals surface area contributed by atoms with E-state index >= 15 is 0 Å². The molecule has 7 heteroatoms. The van der Waals surface area contributed by atoms with E-state index in [0.29, 0.717) is 22.6 Å². The van der Waals surface area contributed by atoms with Crippen molar-refractivity contribution in [3.8, 4) is 11.5 Å². The molecule has 0 aliphatic carbocycles. The van der Waals surface area contributed by atoms with Crippen LogP contribution >= 0.6 is 0 Å². The molecular weight excluding hydrogens is 464 g/mol. The number of amides is 1. The highest BCUT2D eigenvalue weighted by Crippen LogP contribution is 2.41. The maximum Gasteiger partial charge on any atom is 0.244 e. The molecule has 0 fully saturated rings. The van der Waals surface area contributed by atoms with Gasteiger partial charge in [0.05, 0.1) is 20.3 Å². The van der Waals surface area contributed by atoms with Gasteiger partial charge in [0.15, 0.2) is 11.5 Å². The first-order chi connectivity index (χ1) is 17.9. The smallest absolute Gasteiger partial charge is 0.244 e. The molecule has 0 aromatic heterocycles. The Morgan fingerprint density at radius 2 is 1.27 bits per heavy atom. The summed E-state index contributed by atoms with van der Waals surface area (Å²) in [5.41, 5.74) is 15.8. The molecule has 5 N–H and O–H groups in total. The van der Waals surface area contributed by atoms with Gasteiger partial charge in [-0.2, -0.15) is 0 Å². The summed E-state index contributed by atoms with van der Waals surface area (Å²) in [5, 5.41) is 7.80. The number of hydrogen-bond donors (Lipinski definition) is 3. The van der Waals surface area contributed by atoms with Gasteiger partial charge in [0.25, 0.3) is 0 Å². The monoisotopic (exact) mass is 494 g/mol. The molecule has 0 saturated heterocycles. The molecule has 4 rings (SSSR count). The number of anilines is 1. The summed E-state index contributed by atoms with van der Waals surface area (Å²) in [6.07, 6.45) is 0. The number of hydrogen-bond acceptors (Lipinski definition) is 5. The van der Waals surface area contributed by atoms with Crippen LogP contribution in [0.4, 0.5) is 5.69 Å². The topological polar surface area (TPSA) is 115 Å². The van der Waals surface area contributed by atoms with Crippen LogP contribution in [0.3, 0.4) is 0 Å². The number of rotatable bonds is 10. The molecule has 7 nitrogen and oxygen atoms in total. The summed E-state index contributed by atoms with van der Waals surface area (Å²) in [4.78, 5) is 15.3. The lowest BCUT2D eigenvalue weighted by Gasteiger charge is -2.39. The molecule has 37 heavy (non-hydrogen) atoms. The van der Waals surface area contributed by atoms with Crippen molar-refractivity contribution >= 4 is 17.4 Å². The number of carbonyl (C=O) groups is 1. The van der Waals surface area contributed by atoms with Crippen molar-refractivity contribution in [2.75, 3.05) is 19.1 Å². The zero-order valence-electron chi connectivity index (χ0n) is 20.8. The number of nitrogens with two attached hydrogens (primary N) is 2. The Kier molecular flexibility index (Phi) is 7.74. The van der Waals surface area contributed by atoms with E-state index in [1.807, 2.05) is 83.8 Å². The van der Waals surface area contributed by atoms with E-state index in [2.05, 4.69) is 0 Å². The van der Waals surface area contributed by atoms with Crippen LogP contribution in [-0.4, -0.2) is 26.0 Å². The van der Waals surface area contributed by atoms with E-state index in [4.69, 9.17) is 26.4 Å². The van der Waals surface area contributed by atoms with E-state index in [1.165, 1.54) is 0 Å². The number of amidine groups is 1. The number of nitrogen functional groups attached to an aromatic ring is 1. The van der Waals surface area contributed by atoms with E-state index in [0.717, 1.165) is 16.8 Å². The summed E-state index contributed by atoms with van der Waals surface area (Å²) in [6, 6.07) is 31.3. The number of nitrogens with zero attached hydrogens (tertiary/aromatic N) is 1. The fourth-order valence-corrected chi connectivity index (χ4v) is 4.53. The van der Waals surface area contributed by atoms with Gasteiger partial charge in [0, 0.05) is 11.3 Å². The SMILES string of the molecule is COc1ccc(C(C(N)=O)N(c2ccc(C(=N)N)cc2)C(c2ccccc2)c2ccccc2)cc1OC. The number of benzene rings is 4. The van der Waals surface area contributed by atoms with Crippen molar-refractivity contribution in [2.45, 2.75) is 12.1 Å². The second-order valence-corrected chi connectivity index (χ2v) is 8.51. The second kappa shape index (κ2) is 11.3. The number of carbonyl (C=O) groups excluding carboxylic acids is 1. The van der Waals surface area contributed by atoms with Crippen LogP contribution in [0, 0.1) is 5.41 Å². The number of primary amides is 1. The second-order valence-electron chi connectivity index (χ2n) is 8.51. The van der Waals surface area contributed by atoms with Crippen LogP contribution in [0.25, 0.3) is 0 Å². The normalized spacial score (nSPS) is 11.5. The Morgan fingerprint density at radius 1 is 0.730 bits per heavy atom. The van der Waals surface area contributed by atoms with E-state index in [1.54, 1.807) is 38.5 Å². The molecule has 0 aliphatic rings. The largest absolute Gasteiger partial charge is 0.493 e. The number of methoxy groups -OCH3 is 2. The highest BCUT2D eigenvalue weighted by molar-refractivity contribution is 5.95. The van der Waals surface area contributed by atoms with Gasteiger partial charge in [-0.25, -0.2) is 0 Å². The third-order valence-electron chi connectivity index (χ3n) is 6.26. The lowest BCUT2D eigenvalue weighted by molar-refractivity contribution is -0.119. The fraction of sp³-hybridized carbons (Fsp3) is 0.133. The van der Waals surface area contributed by atoms with Gasteiger partial charge in [0.2, 0.25) is 5.91 Å². The van der Waals surface area contributed by atoms with Crippen LogP contribution in [-0.2, 0) is 4.79 Å². The van der Waals surface area contributed by atoms with Gasteiger partial charge in [-0.05, 0) is 53.1 Å². The average molecular weight is 495 g/mol. The Bertz CT molecular complexity index is 1320. The predicted molar refractivity (Wildman–Crippen MR) is 146 cm³/mol. The van der Waals surface area contributed by atoms with Crippen LogP contribution in [0.15, 0.2) is 103 Å². The Balaban J connectivity index is 1.99. The quantitative estimate of drug-likeness (QED) is 0.216. The standard InChI is InChI=1S/C30H30N4O3/c1-36-25-18-15-23(19-26(25)37-2)28(30(33)35)34(24-16-13-22(14-17-24)29(31)32)27(20-9-5-3-6-10-20)21-11-7-4-8-12-21/h3-19,27-28H,1-2H3,(H3,31,32)(H2,33,35). The van der Waals surface area contributed by atoms with Gasteiger partial charge < -0.3 is 25.8 Å². The molecule has 0 aliphatic heterocycles. The molecule has 0 radical (unpaired) electrons. The van der Waals surface area contributed by atoms with Crippen molar-refractivity contribution in [1.29, 1.82) is 5.41 Å². The molecule has 1 unspecified atom stereocenters. The maximum atomic E-state index is 13.3. The van der Waals surface area contributed by atoms with Crippen LogP contribution in [0.2, 0.25) is 0 Å². The van der Waals surface area contributed by atoms with Gasteiger partial charge in [0.1, 0.15) is 11.9 Å². The van der Waals surface area contributed by atoms with Crippen molar-refractivity contribution < 1.29 is 14.3 Å². The van der Waals surface area contributed by atoms with Crippen molar-refractivity contribution in [1.82, 2.24) is 0 Å². The van der Waals surface area contributed by atoms with Gasteiger partial charge in [-0.1, -0.05) is 66.7 Å². The summed E-state index contributed by atoms with van der Waals surface area (Å²) in [5.74, 6) is 0.482. The zero-order chi connectivity index (χ0) is 26.4. The maximum absolute atomic E-state index is 13.3. The van der Waals surface area contributed by atoms with Crippen molar-refractivity contribution in [2.24, 2.45) is 11.5 Å². The van der Waals surface area contributed by atoms with Crippen molar-refractivity contribution in [3.05, 3.63) is 125 Å². The highest BCUT2D eigenvalue weighted by Gasteiger charge is 2.34. The van der Waals surface area contributed by atoms with Gasteiger partial charge >= 0.3 is 0 Å². The van der Waals surface area contributed by atoms with Gasteiger partial charge in [-0.15, -0.1) is 0 Å². The number of nitrogens with one attached hydrogen (secondary N) is 1. The molecule has 0 spiro atoms. The van der Waals surface area contributed by atoms with E-state index < -0.39 is 11.9 Å². The van der Waals surface area contributed by atoms with Gasteiger partial charge in [-0.3, -0.25) is 10.2 Å². The third-order valence-corrected chi connectivity index (χ3v) is 6.26. The summed E-state index contributed by atoms with van der Waals surface area (Å²) >= 11 is 0. The lowest BCUT2D eigenvalue weighted by Crippen LogP contribution is -2.41. The first-order valence-electron chi connectivity index (χ1n) is 11.8. The molecule has 1 amide bonds. The minimum Gasteiger partial charge on any atom is -0.493 e. The first kappa shape index (κ1) is 25.3. The molecule has 0 bridgehead atoms. The Morgan fingerprint density at radius 3 is 1.73 bits per heavy atom. The van der Waals surface area contributed by atoms with Crippen LogP contribution in [0.1, 0.15) is 34.3 Å². The molecular formula is C30H30N4O3. The predicted octanol–water partition coefficient (Wildman–Crippen LogP) is 4.81. The minimum absolute atomic E-state index is 0.0351. The zero-order valence-corrected chi connectivity index (χ0v) is 20.8. The molecule has 0 heterocycles. The Labute approximate surface area is 216 Å². The molecule has 188 valence electrons. The highest BCUT2D eigenvalue weighted by atomic mass is 16.5. The van der Waals surface area contributed by atoms with Crippen LogP contribution in [0.5, 0.6) is 11.5 Å². The molecule has 1 atom stereocenters. The molecule has 4 aromatic rings. The third kappa shape index (κ3) is 5.41. The Hall–Kier alpha value is -4.78. The van der Waals surface area contributed by atoms with E-state index in [9.17, 15) is 4.79 Å². The van der Waals surface area contributed by atoms with Crippen LogP contribution < -0.4 is 25.8 Å². The minimum atomic E-state index is -0.867. The van der Waals surface area contributed by atoms with E-state index in [-0.39, 0.29) is 11.9 Å². The summed E-state index contributed by atoms with van der Waals surface area (Å²) in [7, 11) is 3.11. The molecule has 4 aromatic carbocycles. The average Bonchev–Trinajstić information content (AvgIpc) is 2.93. The fourth-order valence-electron chi connectivity index (χ4n) is 4.53. The molecule has 0 saturated carbocycles. The number of ether oxygens (including phenoxy) is 2. The lowest BCUT2D eigenvalue weighted by atomic mass is 9.92.